The van der Waals surface area contributed by atoms with Gasteiger partial charge in [-0.15, -0.1) is 0 Å². The largest absolute Gasteiger partial charge is 0.492 e. The molecule has 1 aromatic carbocycles. The van der Waals surface area contributed by atoms with Crippen molar-refractivity contribution in [2.24, 2.45) is 11.3 Å². The van der Waals surface area contributed by atoms with Crippen molar-refractivity contribution in [1.29, 1.82) is 0 Å². The molecular weight excluding hydrogens is 343 g/mol. The Kier molecular flexibility index (Phi) is 6.02. The second-order valence-corrected chi connectivity index (χ2v) is 9.32. The Bertz CT molecular complexity index is 565. The quantitative estimate of drug-likeness (QED) is 0.721. The molecule has 1 atom stereocenters. The van der Waals surface area contributed by atoms with Gasteiger partial charge in [0.2, 0.25) is 9.05 Å². The first-order valence-electron chi connectivity index (χ1n) is 5.99. The van der Waals surface area contributed by atoms with Gasteiger partial charge in [0.1, 0.15) is 5.75 Å². The maximum absolute atomic E-state index is 11.3. The van der Waals surface area contributed by atoms with Crippen molar-refractivity contribution in [3.8, 4) is 5.75 Å². The molecule has 114 valence electrons. The molecule has 0 heterocycles. The molecule has 0 bridgehead atoms. The highest BCUT2D eigenvalue weighted by Crippen LogP contribution is 2.32. The van der Waals surface area contributed by atoms with Crippen molar-refractivity contribution < 1.29 is 13.2 Å². The van der Waals surface area contributed by atoms with E-state index in [0.29, 0.717) is 15.8 Å². The van der Waals surface area contributed by atoms with Crippen LogP contribution in [0.2, 0.25) is 10.0 Å². The van der Waals surface area contributed by atoms with Crippen LogP contribution >= 0.6 is 33.9 Å². The average Bonchev–Trinajstić information content (AvgIpc) is 2.25. The van der Waals surface area contributed by atoms with Crippen LogP contribution < -0.4 is 4.74 Å². The minimum Gasteiger partial charge on any atom is -0.492 e. The van der Waals surface area contributed by atoms with Crippen molar-refractivity contribution in [3.05, 3.63) is 28.2 Å². The highest BCUT2D eigenvalue weighted by atomic mass is 35.7. The molecule has 3 nitrogen and oxygen atoms in total. The summed E-state index contributed by atoms with van der Waals surface area (Å²) in [6.07, 6.45) is 0. The Labute approximate surface area is 134 Å². The minimum absolute atomic E-state index is 0.157. The Morgan fingerprint density at radius 2 is 1.85 bits per heavy atom. The van der Waals surface area contributed by atoms with Gasteiger partial charge >= 0.3 is 0 Å². The van der Waals surface area contributed by atoms with Crippen LogP contribution in [0.5, 0.6) is 5.75 Å². The van der Waals surface area contributed by atoms with Gasteiger partial charge in [-0.3, -0.25) is 0 Å². The molecule has 0 aliphatic heterocycles. The van der Waals surface area contributed by atoms with Crippen LogP contribution in [0.1, 0.15) is 20.8 Å². The third kappa shape index (κ3) is 6.08. The number of hydrogen-bond donors (Lipinski definition) is 0. The molecule has 0 spiro atoms. The van der Waals surface area contributed by atoms with Gasteiger partial charge < -0.3 is 4.74 Å². The predicted molar refractivity (Wildman–Crippen MR) is 84.5 cm³/mol. The number of ether oxygens (including phenoxy) is 1. The molecule has 0 aliphatic rings. The molecule has 0 aliphatic carbocycles. The first kappa shape index (κ1) is 17.9. The highest BCUT2D eigenvalue weighted by Gasteiger charge is 2.29. The monoisotopic (exact) mass is 358 g/mol. The molecule has 1 aromatic rings. The molecular formula is C13H17Cl3O3S. The zero-order chi connectivity index (χ0) is 15.6. The SMILES string of the molecule is CC(C)(C)C(COc1cc(Cl)ccc1Cl)CS(=O)(=O)Cl. The second kappa shape index (κ2) is 6.73. The van der Waals surface area contributed by atoms with E-state index in [9.17, 15) is 8.42 Å². The van der Waals surface area contributed by atoms with Crippen molar-refractivity contribution in [2.75, 3.05) is 12.4 Å². The van der Waals surface area contributed by atoms with E-state index in [1.807, 2.05) is 20.8 Å². The lowest BCUT2D eigenvalue weighted by Gasteiger charge is -2.29. The summed E-state index contributed by atoms with van der Waals surface area (Å²) >= 11 is 11.9. The smallest absolute Gasteiger partial charge is 0.233 e. The topological polar surface area (TPSA) is 43.4 Å². The van der Waals surface area contributed by atoms with E-state index < -0.39 is 9.05 Å². The molecule has 20 heavy (non-hydrogen) atoms. The highest BCUT2D eigenvalue weighted by molar-refractivity contribution is 8.13. The van der Waals surface area contributed by atoms with Gasteiger partial charge in [0.15, 0.2) is 0 Å². The molecule has 1 unspecified atom stereocenters. The third-order valence-electron chi connectivity index (χ3n) is 2.96. The van der Waals surface area contributed by atoms with Gasteiger partial charge in [-0.2, -0.15) is 0 Å². The summed E-state index contributed by atoms with van der Waals surface area (Å²) in [5.41, 5.74) is -0.271. The summed E-state index contributed by atoms with van der Waals surface area (Å²) in [4.78, 5) is 0. The van der Waals surface area contributed by atoms with E-state index in [1.165, 1.54) is 0 Å². The lowest BCUT2D eigenvalue weighted by Crippen LogP contribution is -2.31. The molecule has 0 fully saturated rings. The van der Waals surface area contributed by atoms with Crippen LogP contribution in [-0.4, -0.2) is 20.8 Å². The predicted octanol–water partition coefficient (Wildman–Crippen LogP) is 4.60. The first-order chi connectivity index (χ1) is 8.99. The number of rotatable bonds is 5. The van der Waals surface area contributed by atoms with Gasteiger partial charge in [0, 0.05) is 27.7 Å². The van der Waals surface area contributed by atoms with E-state index in [0.717, 1.165) is 0 Å². The van der Waals surface area contributed by atoms with Crippen molar-refractivity contribution in [3.63, 3.8) is 0 Å². The standard InChI is InChI=1S/C13H17Cl3O3S/c1-13(2,3)9(8-20(16,17)18)7-19-12-6-10(14)4-5-11(12)15/h4-6,9H,7-8H2,1-3H3. The van der Waals surface area contributed by atoms with E-state index in [1.54, 1.807) is 18.2 Å². The van der Waals surface area contributed by atoms with Crippen LogP contribution in [-0.2, 0) is 9.05 Å². The number of halogens is 3. The van der Waals surface area contributed by atoms with E-state index in [-0.39, 0.29) is 23.7 Å². The van der Waals surface area contributed by atoms with Crippen molar-refractivity contribution in [1.82, 2.24) is 0 Å². The Balaban J connectivity index is 2.84. The maximum atomic E-state index is 11.3. The lowest BCUT2D eigenvalue weighted by molar-refractivity contribution is 0.163. The molecule has 0 saturated carbocycles. The fourth-order valence-corrected chi connectivity index (χ4v) is 3.43. The zero-order valence-electron chi connectivity index (χ0n) is 11.5. The minimum atomic E-state index is -3.60. The van der Waals surface area contributed by atoms with Crippen molar-refractivity contribution >= 4 is 42.9 Å². The summed E-state index contributed by atoms with van der Waals surface area (Å²) in [5.74, 6) is 0.0106. The number of benzene rings is 1. The van der Waals surface area contributed by atoms with Crippen molar-refractivity contribution in [2.45, 2.75) is 20.8 Å². The van der Waals surface area contributed by atoms with Gasteiger partial charge in [0.25, 0.3) is 0 Å². The first-order valence-corrected chi connectivity index (χ1v) is 9.22. The lowest BCUT2D eigenvalue weighted by atomic mass is 9.82. The summed E-state index contributed by atoms with van der Waals surface area (Å²) in [5, 5.41) is 0.928. The van der Waals surface area contributed by atoms with E-state index in [4.69, 9.17) is 38.6 Å². The van der Waals surface area contributed by atoms with Gasteiger partial charge in [0.05, 0.1) is 17.4 Å². The summed E-state index contributed by atoms with van der Waals surface area (Å²) in [6.45, 7) is 5.99. The summed E-state index contributed by atoms with van der Waals surface area (Å²) in [6, 6.07) is 4.88. The Morgan fingerprint density at radius 3 is 2.35 bits per heavy atom. The van der Waals surface area contributed by atoms with Crippen LogP contribution in [0.15, 0.2) is 18.2 Å². The molecule has 0 radical (unpaired) electrons. The van der Waals surface area contributed by atoms with E-state index in [2.05, 4.69) is 0 Å². The van der Waals surface area contributed by atoms with E-state index >= 15 is 0 Å². The molecule has 1 rings (SSSR count). The molecule has 7 heteroatoms. The zero-order valence-corrected chi connectivity index (χ0v) is 14.6. The molecule has 0 N–H and O–H groups in total. The van der Waals surface area contributed by atoms with Gasteiger partial charge in [-0.05, 0) is 17.5 Å². The molecule has 0 amide bonds. The average molecular weight is 360 g/mol. The number of hydrogen-bond acceptors (Lipinski definition) is 3. The fourth-order valence-electron chi connectivity index (χ4n) is 1.57. The molecule has 0 aromatic heterocycles. The Morgan fingerprint density at radius 1 is 1.25 bits per heavy atom. The van der Waals surface area contributed by atoms with Gasteiger partial charge in [-0.25, -0.2) is 8.42 Å². The molecule has 0 saturated heterocycles. The maximum Gasteiger partial charge on any atom is 0.233 e. The van der Waals surface area contributed by atoms with Crippen LogP contribution in [0.4, 0.5) is 0 Å². The van der Waals surface area contributed by atoms with Crippen LogP contribution in [0.3, 0.4) is 0 Å². The Hall–Kier alpha value is -0.160. The van der Waals surface area contributed by atoms with Crippen LogP contribution in [0, 0.1) is 11.3 Å². The van der Waals surface area contributed by atoms with Gasteiger partial charge in [-0.1, -0.05) is 44.0 Å². The fraction of sp³-hybridized carbons (Fsp3) is 0.538. The summed E-state index contributed by atoms with van der Waals surface area (Å²) in [7, 11) is 1.75. The second-order valence-electron chi connectivity index (χ2n) is 5.65. The van der Waals surface area contributed by atoms with Crippen LogP contribution in [0.25, 0.3) is 0 Å². The third-order valence-corrected chi connectivity index (χ3v) is 4.68. The normalized spacial score (nSPS) is 14.1. The summed E-state index contributed by atoms with van der Waals surface area (Å²) < 4.78 is 28.2.